The van der Waals surface area contributed by atoms with Crippen molar-refractivity contribution in [1.82, 2.24) is 0 Å². The minimum atomic E-state index is -0.754. The van der Waals surface area contributed by atoms with E-state index in [1.165, 1.54) is 31.4 Å². The lowest BCUT2D eigenvalue weighted by Crippen LogP contribution is -2.20. The summed E-state index contributed by atoms with van der Waals surface area (Å²) in [5, 5.41) is 5.42. The van der Waals surface area contributed by atoms with Crippen LogP contribution in [0.2, 0.25) is 0 Å². The number of methoxy groups -OCH3 is 2. The van der Waals surface area contributed by atoms with Gasteiger partial charge >= 0.3 is 0 Å². The molecule has 9 heteroatoms. The predicted octanol–water partition coefficient (Wildman–Crippen LogP) is 6.49. The molecule has 2 amide bonds. The van der Waals surface area contributed by atoms with Gasteiger partial charge in [0.25, 0.3) is 17.8 Å². The number of anilines is 2. The second-order valence-electron chi connectivity index (χ2n) is 8.51. The number of hydrogen-bond donors (Lipinski definition) is 2. The van der Waals surface area contributed by atoms with Crippen LogP contribution in [0.1, 0.15) is 49.2 Å². The van der Waals surface area contributed by atoms with Crippen LogP contribution in [0.25, 0.3) is 0 Å². The summed E-state index contributed by atoms with van der Waals surface area (Å²) < 4.78 is 22.2. The number of carbonyl (C=O) groups is 3. The number of rotatable bonds is 12. The van der Waals surface area contributed by atoms with Crippen molar-refractivity contribution in [2.45, 2.75) is 33.1 Å². The highest BCUT2D eigenvalue weighted by atomic mass is 16.6. The fraction of sp³-hybridized carbons (Fsp3) is 0.233. The van der Waals surface area contributed by atoms with Gasteiger partial charge in [-0.1, -0.05) is 32.1 Å². The van der Waals surface area contributed by atoms with Crippen molar-refractivity contribution in [1.29, 1.82) is 0 Å². The number of nitrogens with one attached hydrogen (secondary N) is 2. The first-order chi connectivity index (χ1) is 18.8. The van der Waals surface area contributed by atoms with Gasteiger partial charge in [0.15, 0.2) is 5.76 Å². The zero-order valence-corrected chi connectivity index (χ0v) is 22.6. The van der Waals surface area contributed by atoms with Crippen molar-refractivity contribution in [3.8, 4) is 23.2 Å². The Hall–Kier alpha value is -4.79. The van der Waals surface area contributed by atoms with Gasteiger partial charge in [0.05, 0.1) is 19.9 Å². The van der Waals surface area contributed by atoms with Crippen LogP contribution in [0.15, 0.2) is 77.3 Å². The SMILES string of the molecule is C/C=C\C=C/C(=O)C(=O)Nc1ccc(Oc2ccc(C(=O)Nc3c(OC)cc(OC)cc3C(C)CC)o2)cc1. The molecular weight excluding hydrogens is 500 g/mol. The van der Waals surface area contributed by atoms with Crippen LogP contribution < -0.4 is 24.8 Å². The zero-order valence-electron chi connectivity index (χ0n) is 22.6. The van der Waals surface area contributed by atoms with Crippen LogP contribution >= 0.6 is 0 Å². The molecule has 1 aromatic heterocycles. The molecule has 0 aliphatic rings. The smallest absolute Gasteiger partial charge is 0.296 e. The zero-order chi connectivity index (χ0) is 28.4. The molecule has 2 N–H and O–H groups in total. The van der Waals surface area contributed by atoms with Gasteiger partial charge in [-0.3, -0.25) is 14.4 Å². The first kappa shape index (κ1) is 28.8. The quantitative estimate of drug-likeness (QED) is 0.155. The summed E-state index contributed by atoms with van der Waals surface area (Å²) in [6, 6.07) is 13.0. The molecule has 2 aromatic carbocycles. The van der Waals surface area contributed by atoms with Gasteiger partial charge in [-0.2, -0.15) is 0 Å². The molecule has 1 heterocycles. The largest absolute Gasteiger partial charge is 0.497 e. The summed E-state index contributed by atoms with van der Waals surface area (Å²) in [6.07, 6.45) is 6.93. The van der Waals surface area contributed by atoms with E-state index in [9.17, 15) is 14.4 Å². The van der Waals surface area contributed by atoms with Crippen LogP contribution in [0.3, 0.4) is 0 Å². The molecule has 0 saturated carbocycles. The topological polar surface area (TPSA) is 116 Å². The maximum absolute atomic E-state index is 13.0. The third-order valence-electron chi connectivity index (χ3n) is 5.85. The molecule has 0 fully saturated rings. The first-order valence-electron chi connectivity index (χ1n) is 12.4. The van der Waals surface area contributed by atoms with E-state index in [2.05, 4.69) is 24.5 Å². The second-order valence-corrected chi connectivity index (χ2v) is 8.51. The van der Waals surface area contributed by atoms with E-state index in [0.717, 1.165) is 12.0 Å². The minimum Gasteiger partial charge on any atom is -0.497 e. The lowest BCUT2D eigenvalue weighted by Gasteiger charge is -2.19. The number of carbonyl (C=O) groups excluding carboxylic acids is 3. The number of allylic oxidation sites excluding steroid dienone is 3. The fourth-order valence-electron chi connectivity index (χ4n) is 3.55. The number of hydrogen-bond acceptors (Lipinski definition) is 7. The van der Waals surface area contributed by atoms with E-state index >= 15 is 0 Å². The monoisotopic (exact) mass is 532 g/mol. The molecule has 0 saturated heterocycles. The third kappa shape index (κ3) is 7.61. The minimum absolute atomic E-state index is 0.0475. The number of benzene rings is 2. The van der Waals surface area contributed by atoms with E-state index < -0.39 is 17.6 Å². The third-order valence-corrected chi connectivity index (χ3v) is 5.85. The Morgan fingerprint density at radius 1 is 0.949 bits per heavy atom. The maximum atomic E-state index is 13.0. The van der Waals surface area contributed by atoms with Crippen LogP contribution in [0.5, 0.6) is 23.2 Å². The Kier molecular flexibility index (Phi) is 10.1. The van der Waals surface area contributed by atoms with Gasteiger partial charge in [-0.05, 0) is 67.3 Å². The standard InChI is InChI=1S/C30H32N2O7/c1-6-8-9-10-24(33)29(34)31-20-11-13-21(14-12-20)38-27-16-15-25(39-27)30(35)32-28-23(19(3)7-2)17-22(36-4)18-26(28)37-5/h6,8-19H,7H2,1-5H3,(H,31,34)(H,32,35)/b8-6-,10-9-. The van der Waals surface area contributed by atoms with E-state index in [-0.39, 0.29) is 17.6 Å². The average molecular weight is 533 g/mol. The van der Waals surface area contributed by atoms with E-state index in [4.69, 9.17) is 18.6 Å². The lowest BCUT2D eigenvalue weighted by molar-refractivity contribution is -0.131. The fourth-order valence-corrected chi connectivity index (χ4v) is 3.55. The summed E-state index contributed by atoms with van der Waals surface area (Å²) in [6.45, 7) is 5.92. The average Bonchev–Trinajstić information content (AvgIpc) is 3.42. The number of ether oxygens (including phenoxy) is 3. The molecule has 1 unspecified atom stereocenters. The van der Waals surface area contributed by atoms with Gasteiger partial charge in [0, 0.05) is 17.8 Å². The van der Waals surface area contributed by atoms with Crippen molar-refractivity contribution >= 4 is 29.0 Å². The van der Waals surface area contributed by atoms with Crippen molar-refractivity contribution < 1.29 is 33.0 Å². The van der Waals surface area contributed by atoms with Gasteiger partial charge in [0.1, 0.15) is 17.2 Å². The maximum Gasteiger partial charge on any atom is 0.296 e. The van der Waals surface area contributed by atoms with Crippen molar-refractivity contribution in [2.24, 2.45) is 0 Å². The van der Waals surface area contributed by atoms with Gasteiger partial charge in [-0.25, -0.2) is 0 Å². The molecule has 0 aliphatic heterocycles. The van der Waals surface area contributed by atoms with Crippen LogP contribution in [0.4, 0.5) is 11.4 Å². The summed E-state index contributed by atoms with van der Waals surface area (Å²) in [5.74, 6) is -0.0873. The molecule has 204 valence electrons. The van der Waals surface area contributed by atoms with E-state index in [0.29, 0.717) is 28.6 Å². The van der Waals surface area contributed by atoms with E-state index in [1.54, 1.807) is 56.5 Å². The second kappa shape index (κ2) is 13.7. The van der Waals surface area contributed by atoms with Crippen LogP contribution in [-0.4, -0.2) is 31.8 Å². The van der Waals surface area contributed by atoms with Gasteiger partial charge in [0.2, 0.25) is 5.78 Å². The molecular formula is C30H32N2O7. The highest BCUT2D eigenvalue weighted by Gasteiger charge is 2.21. The highest BCUT2D eigenvalue weighted by molar-refractivity contribution is 6.44. The summed E-state index contributed by atoms with van der Waals surface area (Å²) in [5.41, 5.74) is 1.85. The van der Waals surface area contributed by atoms with Crippen molar-refractivity contribution in [2.75, 3.05) is 24.9 Å². The van der Waals surface area contributed by atoms with Gasteiger partial charge in [-0.15, -0.1) is 0 Å². The number of furan rings is 1. The molecule has 0 aliphatic carbocycles. The summed E-state index contributed by atoms with van der Waals surface area (Å²) in [4.78, 5) is 36.8. The Bertz CT molecular complexity index is 1370. The molecule has 39 heavy (non-hydrogen) atoms. The Labute approximate surface area is 227 Å². The Balaban J connectivity index is 1.68. The Morgan fingerprint density at radius 3 is 2.33 bits per heavy atom. The van der Waals surface area contributed by atoms with E-state index in [1.807, 2.05) is 6.07 Å². The highest BCUT2D eigenvalue weighted by Crippen LogP contribution is 2.39. The van der Waals surface area contributed by atoms with Crippen LogP contribution in [-0.2, 0) is 9.59 Å². The molecule has 1 atom stereocenters. The molecule has 0 spiro atoms. The molecule has 0 bridgehead atoms. The summed E-state index contributed by atoms with van der Waals surface area (Å²) in [7, 11) is 3.11. The molecule has 3 aromatic rings. The lowest BCUT2D eigenvalue weighted by atomic mass is 9.95. The normalized spacial score (nSPS) is 11.8. The predicted molar refractivity (Wildman–Crippen MR) is 149 cm³/mol. The summed E-state index contributed by atoms with van der Waals surface area (Å²) >= 11 is 0. The van der Waals surface area contributed by atoms with Crippen molar-refractivity contribution in [3.05, 3.63) is 84.2 Å². The molecule has 3 rings (SSSR count). The molecule has 9 nitrogen and oxygen atoms in total. The first-order valence-corrected chi connectivity index (χ1v) is 12.4. The Morgan fingerprint density at radius 2 is 1.69 bits per heavy atom. The number of ketones is 1. The van der Waals surface area contributed by atoms with Gasteiger partial charge < -0.3 is 29.3 Å². The van der Waals surface area contributed by atoms with Crippen LogP contribution in [0, 0.1) is 0 Å². The van der Waals surface area contributed by atoms with Crippen molar-refractivity contribution in [3.63, 3.8) is 0 Å². The molecule has 0 radical (unpaired) electrons. The number of amides is 2.